The van der Waals surface area contributed by atoms with Crippen LogP contribution < -0.4 is 0 Å². The third-order valence-corrected chi connectivity index (χ3v) is 3.85. The lowest BCUT2D eigenvalue weighted by Crippen LogP contribution is -2.16. The molecule has 0 radical (unpaired) electrons. The minimum Gasteiger partial charge on any atom is -0.346 e. The van der Waals surface area contributed by atoms with E-state index < -0.39 is 5.62 Å². The summed E-state index contributed by atoms with van der Waals surface area (Å²) in [5, 5.41) is 0. The number of hydrogen-bond donors (Lipinski definition) is 2. The summed E-state index contributed by atoms with van der Waals surface area (Å²) in [7, 11) is 0. The lowest BCUT2D eigenvalue weighted by molar-refractivity contribution is 0.455. The first kappa shape index (κ1) is 9.92. The maximum absolute atomic E-state index is 9.19. The second kappa shape index (κ2) is 3.94. The van der Waals surface area contributed by atoms with Crippen LogP contribution in [0.1, 0.15) is 13.8 Å². The summed E-state index contributed by atoms with van der Waals surface area (Å²) in [6.45, 7) is 5.45. The fourth-order valence-electron chi connectivity index (χ4n) is 0.592. The Labute approximate surface area is 66.6 Å². The molecular formula is C4H12NOPS2. The summed E-state index contributed by atoms with van der Waals surface area (Å²) in [5.74, 6) is 0. The Balaban J connectivity index is 3.96. The minimum atomic E-state index is -2.41. The van der Waals surface area contributed by atoms with Crippen LogP contribution in [0, 0.1) is 0 Å². The van der Waals surface area contributed by atoms with Crippen LogP contribution in [0.2, 0.25) is 0 Å². The zero-order chi connectivity index (χ0) is 7.49. The fourth-order valence-corrected chi connectivity index (χ4v) is 2.78. The first-order chi connectivity index (χ1) is 4.02. The smallest absolute Gasteiger partial charge is 0.182 e. The lowest BCUT2D eigenvalue weighted by atomic mass is 10.7. The standard InChI is InChI=1S/C4H12NOPS2/c1-3-5(4-2)7(6,8)9/h3-4H2,1-2H3,(H2,6,8,9). The molecule has 0 bridgehead atoms. The predicted octanol–water partition coefficient (Wildman–Crippen LogP) is 1.47. The summed E-state index contributed by atoms with van der Waals surface area (Å²) in [6, 6.07) is 0. The fraction of sp³-hybridized carbons (Fsp3) is 1.00. The molecule has 9 heavy (non-hydrogen) atoms. The van der Waals surface area contributed by atoms with Gasteiger partial charge in [-0.25, -0.2) is 4.67 Å². The highest BCUT2D eigenvalue weighted by Gasteiger charge is 2.13. The third-order valence-electron chi connectivity index (χ3n) is 1.10. The predicted molar refractivity (Wildman–Crippen MR) is 48.4 cm³/mol. The molecule has 1 unspecified atom stereocenters. The van der Waals surface area contributed by atoms with Crippen molar-refractivity contribution in [1.29, 1.82) is 0 Å². The van der Waals surface area contributed by atoms with Crippen molar-refractivity contribution in [3.05, 3.63) is 0 Å². The molecule has 0 aliphatic rings. The summed E-state index contributed by atoms with van der Waals surface area (Å²) < 4.78 is 1.78. The van der Waals surface area contributed by atoms with Crippen LogP contribution in [0.15, 0.2) is 0 Å². The van der Waals surface area contributed by atoms with E-state index in [1.54, 1.807) is 4.67 Å². The molecule has 0 spiro atoms. The van der Waals surface area contributed by atoms with Gasteiger partial charge in [0.1, 0.15) is 0 Å². The van der Waals surface area contributed by atoms with E-state index in [0.29, 0.717) is 0 Å². The summed E-state index contributed by atoms with van der Waals surface area (Å²) in [6.07, 6.45) is 0. The van der Waals surface area contributed by atoms with Gasteiger partial charge in [0.2, 0.25) is 0 Å². The van der Waals surface area contributed by atoms with Crippen molar-refractivity contribution < 1.29 is 4.89 Å². The van der Waals surface area contributed by atoms with Gasteiger partial charge in [0.25, 0.3) is 0 Å². The SMILES string of the molecule is CCN(CC)P(O)(=S)S. The van der Waals surface area contributed by atoms with Crippen molar-refractivity contribution >= 4 is 29.7 Å². The Morgan fingerprint density at radius 1 is 1.56 bits per heavy atom. The van der Waals surface area contributed by atoms with Crippen molar-refractivity contribution in [2.75, 3.05) is 13.1 Å². The molecule has 0 aromatic heterocycles. The van der Waals surface area contributed by atoms with Crippen LogP contribution >= 0.6 is 17.9 Å². The van der Waals surface area contributed by atoms with Gasteiger partial charge in [-0.1, -0.05) is 13.8 Å². The van der Waals surface area contributed by atoms with Crippen molar-refractivity contribution in [1.82, 2.24) is 4.67 Å². The molecule has 0 aromatic rings. The molecule has 2 nitrogen and oxygen atoms in total. The van der Waals surface area contributed by atoms with Crippen LogP contribution in [-0.2, 0) is 11.8 Å². The third kappa shape index (κ3) is 3.58. The average Bonchev–Trinajstić information content (AvgIpc) is 1.65. The Bertz CT molecular complexity index is 120. The molecule has 0 aromatic carbocycles. The maximum Gasteiger partial charge on any atom is 0.182 e. The molecule has 0 rings (SSSR count). The monoisotopic (exact) mass is 185 g/mol. The second-order valence-corrected chi connectivity index (χ2v) is 7.26. The molecule has 0 heterocycles. The van der Waals surface area contributed by atoms with Crippen LogP contribution in [0.5, 0.6) is 0 Å². The Hall–Kier alpha value is 0.920. The van der Waals surface area contributed by atoms with Gasteiger partial charge in [0.15, 0.2) is 5.62 Å². The van der Waals surface area contributed by atoms with Gasteiger partial charge in [-0.3, -0.25) is 0 Å². The molecule has 0 aliphatic carbocycles. The topological polar surface area (TPSA) is 23.5 Å². The zero-order valence-electron chi connectivity index (χ0n) is 5.61. The first-order valence-electron chi connectivity index (χ1n) is 2.83. The van der Waals surface area contributed by atoms with Gasteiger partial charge in [-0.15, -0.1) is 12.2 Å². The van der Waals surface area contributed by atoms with Crippen molar-refractivity contribution in [3.63, 3.8) is 0 Å². The highest BCUT2D eigenvalue weighted by Crippen LogP contribution is 2.49. The van der Waals surface area contributed by atoms with Gasteiger partial charge in [0, 0.05) is 13.1 Å². The van der Waals surface area contributed by atoms with E-state index in [2.05, 4.69) is 12.2 Å². The van der Waals surface area contributed by atoms with E-state index in [0.717, 1.165) is 13.1 Å². The van der Waals surface area contributed by atoms with Gasteiger partial charge < -0.3 is 4.89 Å². The van der Waals surface area contributed by atoms with Gasteiger partial charge >= 0.3 is 0 Å². The molecular weight excluding hydrogens is 173 g/mol. The van der Waals surface area contributed by atoms with E-state index in [4.69, 9.17) is 11.8 Å². The molecule has 1 atom stereocenters. The van der Waals surface area contributed by atoms with Gasteiger partial charge in [-0.05, 0) is 11.8 Å². The van der Waals surface area contributed by atoms with E-state index in [1.165, 1.54) is 0 Å². The highest BCUT2D eigenvalue weighted by atomic mass is 32.9. The summed E-state index contributed by atoms with van der Waals surface area (Å²) >= 11 is 8.68. The normalized spacial score (nSPS) is 17.9. The van der Waals surface area contributed by atoms with Crippen molar-refractivity contribution in [2.45, 2.75) is 13.8 Å². The highest BCUT2D eigenvalue weighted by molar-refractivity contribution is 8.60. The van der Waals surface area contributed by atoms with E-state index in [-0.39, 0.29) is 0 Å². The second-order valence-electron chi connectivity index (χ2n) is 1.65. The average molecular weight is 185 g/mol. The van der Waals surface area contributed by atoms with Crippen molar-refractivity contribution in [2.24, 2.45) is 0 Å². The van der Waals surface area contributed by atoms with Crippen LogP contribution in [0.3, 0.4) is 0 Å². The van der Waals surface area contributed by atoms with E-state index >= 15 is 0 Å². The Kier molecular flexibility index (Phi) is 4.34. The quantitative estimate of drug-likeness (QED) is 0.514. The number of rotatable bonds is 3. The van der Waals surface area contributed by atoms with Crippen molar-refractivity contribution in [3.8, 4) is 0 Å². The van der Waals surface area contributed by atoms with Gasteiger partial charge in [-0.2, -0.15) is 0 Å². The molecule has 0 saturated carbocycles. The summed E-state index contributed by atoms with van der Waals surface area (Å²) in [5.41, 5.74) is -2.41. The molecule has 0 saturated heterocycles. The first-order valence-corrected chi connectivity index (χ1v) is 6.69. The maximum atomic E-state index is 9.19. The number of nitrogens with zero attached hydrogens (tertiary/aromatic N) is 1. The molecule has 0 fully saturated rings. The number of thiol groups is 1. The summed E-state index contributed by atoms with van der Waals surface area (Å²) in [4.78, 5) is 9.19. The molecule has 0 aliphatic heterocycles. The van der Waals surface area contributed by atoms with E-state index in [1.807, 2.05) is 13.8 Å². The van der Waals surface area contributed by atoms with Crippen LogP contribution in [0.4, 0.5) is 0 Å². The Morgan fingerprint density at radius 2 is 1.89 bits per heavy atom. The molecule has 1 N–H and O–H groups in total. The molecule has 5 heteroatoms. The minimum absolute atomic E-state index is 0.772. The van der Waals surface area contributed by atoms with Crippen LogP contribution in [-0.4, -0.2) is 22.7 Å². The lowest BCUT2D eigenvalue weighted by Gasteiger charge is -2.23. The zero-order valence-corrected chi connectivity index (χ0v) is 8.22. The number of hydrogen-bond acceptors (Lipinski definition) is 1. The molecule has 56 valence electrons. The van der Waals surface area contributed by atoms with Gasteiger partial charge in [0.05, 0.1) is 0 Å². The van der Waals surface area contributed by atoms with E-state index in [9.17, 15) is 4.89 Å². The van der Waals surface area contributed by atoms with Crippen LogP contribution in [0.25, 0.3) is 0 Å². The Morgan fingerprint density at radius 3 is 1.89 bits per heavy atom. The largest absolute Gasteiger partial charge is 0.346 e. The molecule has 0 amide bonds.